The summed E-state index contributed by atoms with van der Waals surface area (Å²) < 4.78 is 2.47. The molecule has 6 heteroatoms. The molecular weight excluding hydrogens is 270 g/mol. The fraction of sp³-hybridized carbons (Fsp3) is 0.400. The molecule has 84 valence electrons. The summed E-state index contributed by atoms with van der Waals surface area (Å²) in [6.45, 7) is 2.18. The molecule has 0 amide bonds. The normalized spacial score (nSPS) is 16.2. The summed E-state index contributed by atoms with van der Waals surface area (Å²) in [7, 11) is 0. The van der Waals surface area contributed by atoms with Crippen molar-refractivity contribution in [3.05, 3.63) is 16.7 Å². The molecule has 0 unspecified atom stereocenters. The van der Waals surface area contributed by atoms with Crippen LogP contribution >= 0.6 is 15.9 Å². The second-order valence-corrected chi connectivity index (χ2v) is 4.74. The van der Waals surface area contributed by atoms with E-state index in [2.05, 4.69) is 30.9 Å². The van der Waals surface area contributed by atoms with E-state index in [9.17, 15) is 0 Å². The maximum atomic E-state index is 5.72. The third kappa shape index (κ3) is 1.44. The molecule has 0 aliphatic carbocycles. The highest BCUT2D eigenvalue weighted by molar-refractivity contribution is 9.10. The number of nitrogens with zero attached hydrogens (tertiary/aromatic N) is 4. The lowest BCUT2D eigenvalue weighted by atomic mass is 10.4. The highest BCUT2D eigenvalue weighted by Crippen LogP contribution is 2.25. The Hall–Kier alpha value is -1.30. The first kappa shape index (κ1) is 9.89. The number of nitrogen functional groups attached to an aromatic ring is 1. The molecule has 2 aromatic heterocycles. The quantitative estimate of drug-likeness (QED) is 0.864. The van der Waals surface area contributed by atoms with Crippen molar-refractivity contribution in [3.8, 4) is 0 Å². The van der Waals surface area contributed by atoms with Crippen LogP contribution in [-0.2, 0) is 0 Å². The van der Waals surface area contributed by atoms with Crippen LogP contribution in [-0.4, -0.2) is 27.7 Å². The summed E-state index contributed by atoms with van der Waals surface area (Å²) in [5, 5.41) is 4.15. The van der Waals surface area contributed by atoms with Gasteiger partial charge in [-0.05, 0) is 34.8 Å². The van der Waals surface area contributed by atoms with Gasteiger partial charge in [-0.1, -0.05) is 0 Å². The van der Waals surface area contributed by atoms with Gasteiger partial charge in [-0.2, -0.15) is 0 Å². The minimum Gasteiger partial charge on any atom is -0.381 e. The smallest absolute Gasteiger partial charge is 0.173 e. The highest BCUT2D eigenvalue weighted by atomic mass is 79.9. The Bertz CT molecular complexity index is 529. The molecular formula is C10H12BrN5. The van der Waals surface area contributed by atoms with Gasteiger partial charge < -0.3 is 10.6 Å². The van der Waals surface area contributed by atoms with Crippen LogP contribution < -0.4 is 10.6 Å². The molecule has 2 N–H and O–H groups in total. The number of hydrogen-bond acceptors (Lipinski definition) is 4. The molecule has 1 aliphatic rings. The molecule has 2 aromatic rings. The summed E-state index contributed by atoms with van der Waals surface area (Å²) in [5.74, 6) is 1.48. The van der Waals surface area contributed by atoms with Gasteiger partial charge in [-0.25, -0.2) is 9.50 Å². The number of nitrogens with two attached hydrogens (primary N) is 1. The Kier molecular flexibility index (Phi) is 2.24. The van der Waals surface area contributed by atoms with Crippen molar-refractivity contribution in [3.63, 3.8) is 0 Å². The van der Waals surface area contributed by atoms with Crippen molar-refractivity contribution >= 4 is 33.2 Å². The average Bonchev–Trinajstić information content (AvgIpc) is 2.89. The van der Waals surface area contributed by atoms with E-state index in [0.717, 1.165) is 29.0 Å². The number of hydrogen-bond donors (Lipinski definition) is 1. The third-order valence-corrected chi connectivity index (χ3v) is 3.63. The van der Waals surface area contributed by atoms with Gasteiger partial charge in [-0.3, -0.25) is 0 Å². The van der Waals surface area contributed by atoms with Crippen LogP contribution in [0, 0.1) is 0 Å². The summed E-state index contributed by atoms with van der Waals surface area (Å²) in [4.78, 5) is 6.86. The van der Waals surface area contributed by atoms with E-state index < -0.39 is 0 Å². The number of fused-ring (bicyclic) bond motifs is 1. The van der Waals surface area contributed by atoms with Gasteiger partial charge in [0.2, 0.25) is 0 Å². The van der Waals surface area contributed by atoms with E-state index in [1.165, 1.54) is 12.8 Å². The van der Waals surface area contributed by atoms with E-state index >= 15 is 0 Å². The van der Waals surface area contributed by atoms with Gasteiger partial charge in [0.25, 0.3) is 0 Å². The number of anilines is 2. The Morgan fingerprint density at radius 1 is 1.31 bits per heavy atom. The minimum absolute atomic E-state index is 0.478. The van der Waals surface area contributed by atoms with Gasteiger partial charge in [0.1, 0.15) is 10.3 Å². The highest BCUT2D eigenvalue weighted by Gasteiger charge is 2.15. The number of rotatable bonds is 1. The lowest BCUT2D eigenvalue weighted by Gasteiger charge is -2.15. The fourth-order valence-corrected chi connectivity index (χ4v) is 2.38. The minimum atomic E-state index is 0.478. The molecule has 1 aliphatic heterocycles. The van der Waals surface area contributed by atoms with Crippen LogP contribution in [0.1, 0.15) is 12.8 Å². The molecule has 0 saturated carbocycles. The molecule has 1 fully saturated rings. The standard InChI is InChI=1S/C10H12BrN5/c11-8-9(12)14-16-6-3-7(13-10(8)16)15-4-1-2-5-15/h3,6H,1-2,4-5H2,(H2,12,14). The molecule has 1 saturated heterocycles. The zero-order chi connectivity index (χ0) is 11.1. The van der Waals surface area contributed by atoms with Crippen LogP contribution in [0.3, 0.4) is 0 Å². The average molecular weight is 282 g/mol. The van der Waals surface area contributed by atoms with Gasteiger partial charge in [0.05, 0.1) is 0 Å². The van der Waals surface area contributed by atoms with Crippen LogP contribution in [0.2, 0.25) is 0 Å². The lowest BCUT2D eigenvalue weighted by molar-refractivity contribution is 0.901. The monoisotopic (exact) mass is 281 g/mol. The Morgan fingerprint density at radius 2 is 2.06 bits per heavy atom. The van der Waals surface area contributed by atoms with Crippen LogP contribution in [0.5, 0.6) is 0 Å². The lowest BCUT2D eigenvalue weighted by Crippen LogP contribution is -2.19. The van der Waals surface area contributed by atoms with Crippen LogP contribution in [0.25, 0.3) is 5.65 Å². The first-order valence-corrected chi connectivity index (χ1v) is 6.10. The van der Waals surface area contributed by atoms with Crippen molar-refractivity contribution in [2.45, 2.75) is 12.8 Å². The zero-order valence-corrected chi connectivity index (χ0v) is 10.3. The molecule has 0 bridgehead atoms. The molecule has 3 rings (SSSR count). The van der Waals surface area contributed by atoms with Gasteiger partial charge in [0.15, 0.2) is 11.5 Å². The van der Waals surface area contributed by atoms with E-state index in [0.29, 0.717) is 5.82 Å². The summed E-state index contributed by atoms with van der Waals surface area (Å²) >= 11 is 3.40. The van der Waals surface area contributed by atoms with E-state index in [4.69, 9.17) is 5.73 Å². The fourth-order valence-electron chi connectivity index (χ4n) is 2.03. The molecule has 3 heterocycles. The molecule has 16 heavy (non-hydrogen) atoms. The molecule has 5 nitrogen and oxygen atoms in total. The van der Waals surface area contributed by atoms with E-state index in [-0.39, 0.29) is 0 Å². The Morgan fingerprint density at radius 3 is 2.81 bits per heavy atom. The second-order valence-electron chi connectivity index (χ2n) is 3.95. The van der Waals surface area contributed by atoms with Crippen molar-refractivity contribution in [1.82, 2.24) is 14.6 Å². The van der Waals surface area contributed by atoms with Crippen LogP contribution in [0.4, 0.5) is 11.6 Å². The van der Waals surface area contributed by atoms with Crippen molar-refractivity contribution in [2.75, 3.05) is 23.7 Å². The SMILES string of the molecule is Nc1nn2ccc(N3CCCC3)nc2c1Br. The van der Waals surface area contributed by atoms with Crippen LogP contribution in [0.15, 0.2) is 16.7 Å². The first-order chi connectivity index (χ1) is 7.75. The first-order valence-electron chi connectivity index (χ1n) is 5.31. The Labute approximate surface area is 101 Å². The van der Waals surface area contributed by atoms with Gasteiger partial charge in [0, 0.05) is 19.3 Å². The van der Waals surface area contributed by atoms with Gasteiger partial charge >= 0.3 is 0 Å². The molecule has 0 aromatic carbocycles. The summed E-state index contributed by atoms with van der Waals surface area (Å²) in [6.07, 6.45) is 4.39. The number of aromatic nitrogens is 3. The second kappa shape index (κ2) is 3.62. The summed E-state index contributed by atoms with van der Waals surface area (Å²) in [6, 6.07) is 1.98. The van der Waals surface area contributed by atoms with Crippen molar-refractivity contribution < 1.29 is 0 Å². The predicted octanol–water partition coefficient (Wildman–Crippen LogP) is 1.67. The largest absolute Gasteiger partial charge is 0.381 e. The molecule has 0 spiro atoms. The van der Waals surface area contributed by atoms with E-state index in [1.807, 2.05) is 12.3 Å². The van der Waals surface area contributed by atoms with Gasteiger partial charge in [-0.15, -0.1) is 5.10 Å². The van der Waals surface area contributed by atoms with Crippen molar-refractivity contribution in [1.29, 1.82) is 0 Å². The van der Waals surface area contributed by atoms with E-state index in [1.54, 1.807) is 4.52 Å². The Balaban J connectivity index is 2.10. The maximum absolute atomic E-state index is 5.72. The maximum Gasteiger partial charge on any atom is 0.173 e. The summed E-state index contributed by atoms with van der Waals surface area (Å²) in [5.41, 5.74) is 6.50. The molecule has 0 atom stereocenters. The predicted molar refractivity (Wildman–Crippen MR) is 66.5 cm³/mol. The number of halogens is 1. The molecule has 0 radical (unpaired) electrons. The zero-order valence-electron chi connectivity index (χ0n) is 8.73. The topological polar surface area (TPSA) is 59.4 Å². The third-order valence-electron chi connectivity index (χ3n) is 2.87. The van der Waals surface area contributed by atoms with Crippen molar-refractivity contribution in [2.24, 2.45) is 0 Å².